The van der Waals surface area contributed by atoms with Crippen LogP contribution in [0.3, 0.4) is 0 Å². The number of benzene rings is 2. The van der Waals surface area contributed by atoms with Crippen LogP contribution in [-0.4, -0.2) is 10.7 Å². The Hall–Kier alpha value is -2.99. The fourth-order valence-electron chi connectivity index (χ4n) is 2.32. The molecule has 3 aromatic rings. The van der Waals surface area contributed by atoms with Gasteiger partial charge < -0.3 is 5.73 Å². The minimum absolute atomic E-state index is 0.00730. The van der Waals surface area contributed by atoms with Crippen LogP contribution in [0.4, 0.5) is 10.7 Å². The van der Waals surface area contributed by atoms with Gasteiger partial charge in [0.15, 0.2) is 5.78 Å². The Bertz CT molecular complexity index is 871. The first kappa shape index (κ1) is 14.9. The number of ketones is 1. The van der Waals surface area contributed by atoms with Gasteiger partial charge in [-0.3, -0.25) is 14.9 Å². The van der Waals surface area contributed by atoms with Crippen molar-refractivity contribution in [1.82, 2.24) is 0 Å². The summed E-state index contributed by atoms with van der Waals surface area (Å²) in [5, 5.41) is 13.0. The van der Waals surface area contributed by atoms with E-state index in [1.54, 1.807) is 41.8 Å². The van der Waals surface area contributed by atoms with E-state index in [0.717, 1.165) is 5.56 Å². The summed E-state index contributed by atoms with van der Waals surface area (Å²) >= 11 is 1.28. The van der Waals surface area contributed by atoms with Gasteiger partial charge in [-0.05, 0) is 17.7 Å². The number of nitro benzene ring substituents is 1. The molecular formula is C17H12N2O3S. The highest BCUT2D eigenvalue weighted by Crippen LogP contribution is 2.35. The van der Waals surface area contributed by atoms with Gasteiger partial charge in [-0.25, -0.2) is 0 Å². The van der Waals surface area contributed by atoms with E-state index in [-0.39, 0.29) is 11.5 Å². The molecule has 0 saturated carbocycles. The second-order valence-corrected chi connectivity index (χ2v) is 5.80. The molecule has 114 valence electrons. The van der Waals surface area contributed by atoms with Crippen molar-refractivity contribution in [2.45, 2.75) is 0 Å². The molecule has 0 aliphatic carbocycles. The van der Waals surface area contributed by atoms with Crippen LogP contribution in [0.2, 0.25) is 0 Å². The van der Waals surface area contributed by atoms with Crippen molar-refractivity contribution in [2.75, 3.05) is 5.73 Å². The van der Waals surface area contributed by atoms with E-state index in [4.69, 9.17) is 5.73 Å². The zero-order chi connectivity index (χ0) is 16.4. The molecule has 0 radical (unpaired) electrons. The van der Waals surface area contributed by atoms with E-state index in [9.17, 15) is 14.9 Å². The Kier molecular flexibility index (Phi) is 3.91. The minimum atomic E-state index is -0.457. The Labute approximate surface area is 136 Å². The number of hydrogen-bond donors (Lipinski definition) is 1. The van der Waals surface area contributed by atoms with Gasteiger partial charge >= 0.3 is 0 Å². The summed E-state index contributed by atoms with van der Waals surface area (Å²) in [6, 6.07) is 15.0. The Balaban J connectivity index is 2.05. The molecule has 0 amide bonds. The van der Waals surface area contributed by atoms with Crippen molar-refractivity contribution in [3.8, 4) is 11.1 Å². The summed E-state index contributed by atoms with van der Waals surface area (Å²) in [5.74, 6) is -0.155. The predicted molar refractivity (Wildman–Crippen MR) is 90.7 cm³/mol. The molecule has 1 aromatic heterocycles. The molecule has 0 atom stereocenters. The lowest BCUT2D eigenvalue weighted by molar-refractivity contribution is -0.384. The van der Waals surface area contributed by atoms with Crippen molar-refractivity contribution in [2.24, 2.45) is 0 Å². The van der Waals surface area contributed by atoms with Crippen molar-refractivity contribution < 1.29 is 9.72 Å². The number of anilines is 1. The number of nitrogen functional groups attached to an aromatic ring is 1. The van der Waals surface area contributed by atoms with Gasteiger partial charge in [-0.2, -0.15) is 0 Å². The quantitative estimate of drug-likeness (QED) is 0.444. The Morgan fingerprint density at radius 3 is 2.30 bits per heavy atom. The third-order valence-corrected chi connectivity index (χ3v) is 4.28. The molecule has 0 aliphatic heterocycles. The standard InChI is InChI=1S/C17H12N2O3S/c18-17-15(16(20)12-4-2-1-3-5-12)14(10-23-17)11-6-8-13(9-7-11)19(21)22/h1-10H,18H2. The van der Waals surface area contributed by atoms with Crippen LogP contribution in [0.15, 0.2) is 60.0 Å². The van der Waals surface area contributed by atoms with Gasteiger partial charge in [0.25, 0.3) is 5.69 Å². The summed E-state index contributed by atoms with van der Waals surface area (Å²) < 4.78 is 0. The molecule has 3 rings (SSSR count). The van der Waals surface area contributed by atoms with Gasteiger partial charge in [0.1, 0.15) is 0 Å². The molecule has 0 bridgehead atoms. The zero-order valence-corrected chi connectivity index (χ0v) is 12.7. The van der Waals surface area contributed by atoms with Gasteiger partial charge in [-0.15, -0.1) is 11.3 Å². The maximum Gasteiger partial charge on any atom is 0.269 e. The number of nitrogens with zero attached hydrogens (tertiary/aromatic N) is 1. The number of rotatable bonds is 4. The topological polar surface area (TPSA) is 86.2 Å². The molecule has 5 nitrogen and oxygen atoms in total. The van der Waals surface area contributed by atoms with Crippen LogP contribution in [0.25, 0.3) is 11.1 Å². The highest BCUT2D eigenvalue weighted by molar-refractivity contribution is 7.15. The maximum atomic E-state index is 12.7. The van der Waals surface area contributed by atoms with Crippen molar-refractivity contribution in [3.05, 3.63) is 81.2 Å². The molecule has 0 spiro atoms. The highest BCUT2D eigenvalue weighted by atomic mass is 32.1. The number of carbonyl (C=O) groups excluding carboxylic acids is 1. The van der Waals surface area contributed by atoms with Gasteiger partial charge in [-0.1, -0.05) is 30.3 Å². The van der Waals surface area contributed by atoms with Crippen LogP contribution < -0.4 is 5.73 Å². The molecule has 0 fully saturated rings. The predicted octanol–water partition coefficient (Wildman–Crippen LogP) is 4.14. The number of carbonyl (C=O) groups is 1. The first-order chi connectivity index (χ1) is 11.1. The van der Waals surface area contributed by atoms with Crippen LogP contribution in [0.5, 0.6) is 0 Å². The monoisotopic (exact) mass is 324 g/mol. The van der Waals surface area contributed by atoms with Crippen LogP contribution in [0.1, 0.15) is 15.9 Å². The summed E-state index contributed by atoms with van der Waals surface area (Å²) in [5.41, 5.74) is 8.40. The summed E-state index contributed by atoms with van der Waals surface area (Å²) in [7, 11) is 0. The lowest BCUT2D eigenvalue weighted by atomic mass is 9.97. The van der Waals surface area contributed by atoms with Gasteiger partial charge in [0, 0.05) is 28.6 Å². The molecule has 1 heterocycles. The normalized spacial score (nSPS) is 10.4. The molecule has 6 heteroatoms. The Morgan fingerprint density at radius 2 is 1.70 bits per heavy atom. The van der Waals surface area contributed by atoms with Crippen LogP contribution in [0, 0.1) is 10.1 Å². The zero-order valence-electron chi connectivity index (χ0n) is 11.9. The summed E-state index contributed by atoms with van der Waals surface area (Å²) in [6.45, 7) is 0. The number of non-ortho nitro benzene ring substituents is 1. The Morgan fingerprint density at radius 1 is 1.04 bits per heavy atom. The average molecular weight is 324 g/mol. The van der Waals surface area contributed by atoms with Crippen LogP contribution in [-0.2, 0) is 0 Å². The fraction of sp³-hybridized carbons (Fsp3) is 0. The molecular weight excluding hydrogens is 312 g/mol. The number of thiophene rings is 1. The van der Waals surface area contributed by atoms with Gasteiger partial charge in [0.2, 0.25) is 0 Å². The van der Waals surface area contributed by atoms with E-state index in [0.29, 0.717) is 21.7 Å². The lowest BCUT2D eigenvalue weighted by Crippen LogP contribution is -2.04. The van der Waals surface area contributed by atoms with Crippen LogP contribution >= 0.6 is 11.3 Å². The van der Waals surface area contributed by atoms with Crippen molar-refractivity contribution >= 4 is 27.8 Å². The van der Waals surface area contributed by atoms with Gasteiger partial charge in [0.05, 0.1) is 15.5 Å². The smallest absolute Gasteiger partial charge is 0.269 e. The first-order valence-electron chi connectivity index (χ1n) is 6.79. The molecule has 0 unspecified atom stereocenters. The van der Waals surface area contributed by atoms with Crippen molar-refractivity contribution in [3.63, 3.8) is 0 Å². The average Bonchev–Trinajstić information content (AvgIpc) is 2.96. The fourth-order valence-corrected chi connectivity index (χ4v) is 3.14. The SMILES string of the molecule is Nc1scc(-c2ccc([N+](=O)[O-])cc2)c1C(=O)c1ccccc1. The van der Waals surface area contributed by atoms with E-state index in [1.807, 2.05) is 6.07 Å². The van der Waals surface area contributed by atoms with E-state index in [2.05, 4.69) is 0 Å². The number of nitro groups is 1. The van der Waals surface area contributed by atoms with E-state index >= 15 is 0 Å². The highest BCUT2D eigenvalue weighted by Gasteiger charge is 2.20. The second kappa shape index (κ2) is 6.02. The third kappa shape index (κ3) is 2.84. The first-order valence-corrected chi connectivity index (χ1v) is 7.67. The summed E-state index contributed by atoms with van der Waals surface area (Å²) in [4.78, 5) is 23.0. The lowest BCUT2D eigenvalue weighted by Gasteiger charge is -2.05. The minimum Gasteiger partial charge on any atom is -0.390 e. The maximum absolute atomic E-state index is 12.7. The number of nitrogens with two attached hydrogens (primary N) is 1. The van der Waals surface area contributed by atoms with E-state index < -0.39 is 4.92 Å². The second-order valence-electron chi connectivity index (χ2n) is 4.89. The molecule has 23 heavy (non-hydrogen) atoms. The molecule has 2 N–H and O–H groups in total. The number of hydrogen-bond acceptors (Lipinski definition) is 5. The molecule has 0 aliphatic rings. The van der Waals surface area contributed by atoms with Crippen molar-refractivity contribution in [1.29, 1.82) is 0 Å². The molecule has 2 aromatic carbocycles. The summed E-state index contributed by atoms with van der Waals surface area (Å²) in [6.07, 6.45) is 0. The molecule has 0 saturated heterocycles. The largest absolute Gasteiger partial charge is 0.390 e. The third-order valence-electron chi connectivity index (χ3n) is 3.47. The van der Waals surface area contributed by atoms with E-state index in [1.165, 1.54) is 23.5 Å².